The molecule has 0 bridgehead atoms. The fourth-order valence-corrected chi connectivity index (χ4v) is 4.43. The molecule has 1 atom stereocenters. The largest absolute Gasteiger partial charge is 0.337 e. The molecule has 0 saturated carbocycles. The van der Waals surface area contributed by atoms with E-state index in [0.717, 1.165) is 23.4 Å². The first-order valence-corrected chi connectivity index (χ1v) is 10.3. The van der Waals surface area contributed by atoms with E-state index in [2.05, 4.69) is 20.3 Å². The van der Waals surface area contributed by atoms with Gasteiger partial charge in [0.1, 0.15) is 9.88 Å². The summed E-state index contributed by atoms with van der Waals surface area (Å²) in [6.07, 6.45) is 8.29. The van der Waals surface area contributed by atoms with Gasteiger partial charge in [-0.3, -0.25) is 19.6 Å². The molecule has 1 saturated heterocycles. The number of nitrogens with one attached hydrogen (secondary N) is 1. The number of likely N-dealkylation sites (tertiary alicyclic amines) is 1. The average Bonchev–Trinajstić information content (AvgIpc) is 3.16. The number of pyridine rings is 2. The number of anilines is 1. The number of carbonyl (C=O) groups is 2. The van der Waals surface area contributed by atoms with E-state index >= 15 is 0 Å². The van der Waals surface area contributed by atoms with Gasteiger partial charge in [0.2, 0.25) is 5.91 Å². The molecule has 0 aliphatic carbocycles. The lowest BCUT2D eigenvalue weighted by Gasteiger charge is -2.31. The maximum atomic E-state index is 13.1. The number of carbonyl (C=O) groups excluding carboxylic acids is 2. The number of amides is 2. The number of hydrogen-bond acceptors (Lipinski definition) is 6. The number of piperidine rings is 1. The Labute approximate surface area is 172 Å². The van der Waals surface area contributed by atoms with Crippen LogP contribution in [0.25, 0.3) is 10.6 Å². The van der Waals surface area contributed by atoms with Crippen LogP contribution >= 0.6 is 11.3 Å². The SMILES string of the molecule is Cc1nc(-c2cccnc2)sc1C(=O)N1CCCC(C(=O)Nc2cccnc2)C1. The lowest BCUT2D eigenvalue weighted by molar-refractivity contribution is -0.121. The normalized spacial score (nSPS) is 16.4. The standard InChI is InChI=1S/C21H21N5O2S/c1-14-18(29-20(24-14)15-5-2-8-22-11-15)21(28)26-10-4-6-16(13-26)19(27)25-17-7-3-9-23-12-17/h2-3,5,7-9,11-12,16H,4,6,10,13H2,1H3,(H,25,27). The molecule has 7 nitrogen and oxygen atoms in total. The van der Waals surface area contributed by atoms with E-state index in [1.165, 1.54) is 11.3 Å². The van der Waals surface area contributed by atoms with Crippen LogP contribution in [0, 0.1) is 12.8 Å². The molecule has 8 heteroatoms. The lowest BCUT2D eigenvalue weighted by Crippen LogP contribution is -2.43. The number of aromatic nitrogens is 3. The molecule has 1 aliphatic heterocycles. The van der Waals surface area contributed by atoms with E-state index in [9.17, 15) is 9.59 Å². The average molecular weight is 407 g/mol. The molecule has 1 unspecified atom stereocenters. The molecule has 29 heavy (non-hydrogen) atoms. The van der Waals surface area contributed by atoms with Crippen molar-refractivity contribution in [2.75, 3.05) is 18.4 Å². The quantitative estimate of drug-likeness (QED) is 0.716. The predicted octanol–water partition coefficient (Wildman–Crippen LogP) is 3.40. The molecule has 0 radical (unpaired) electrons. The molecular formula is C21H21N5O2S. The summed E-state index contributed by atoms with van der Waals surface area (Å²) in [6, 6.07) is 7.36. The van der Waals surface area contributed by atoms with Gasteiger partial charge in [-0.25, -0.2) is 4.98 Å². The van der Waals surface area contributed by atoms with E-state index in [-0.39, 0.29) is 17.7 Å². The van der Waals surface area contributed by atoms with Crippen LogP contribution in [0.3, 0.4) is 0 Å². The Hall–Kier alpha value is -3.13. The minimum atomic E-state index is -0.237. The molecule has 3 aromatic rings. The van der Waals surface area contributed by atoms with Crippen LogP contribution < -0.4 is 5.32 Å². The van der Waals surface area contributed by atoms with Gasteiger partial charge < -0.3 is 10.2 Å². The van der Waals surface area contributed by atoms with E-state index in [1.807, 2.05) is 19.1 Å². The summed E-state index contributed by atoms with van der Waals surface area (Å²) < 4.78 is 0. The number of nitrogens with zero attached hydrogens (tertiary/aromatic N) is 4. The van der Waals surface area contributed by atoms with Crippen LogP contribution in [0.15, 0.2) is 49.1 Å². The highest BCUT2D eigenvalue weighted by atomic mass is 32.1. The summed E-state index contributed by atoms with van der Waals surface area (Å²) in [7, 11) is 0. The first kappa shape index (κ1) is 19.2. The van der Waals surface area contributed by atoms with Crippen LogP contribution in [0.2, 0.25) is 0 Å². The van der Waals surface area contributed by atoms with Crippen molar-refractivity contribution in [1.29, 1.82) is 0 Å². The highest BCUT2D eigenvalue weighted by Crippen LogP contribution is 2.29. The summed E-state index contributed by atoms with van der Waals surface area (Å²) in [5.41, 5.74) is 2.27. The molecule has 2 amide bonds. The number of aryl methyl sites for hydroxylation is 1. The third-order valence-electron chi connectivity index (χ3n) is 4.91. The number of thiazole rings is 1. The van der Waals surface area contributed by atoms with Gasteiger partial charge in [-0.2, -0.15) is 0 Å². The van der Waals surface area contributed by atoms with Gasteiger partial charge in [0, 0.05) is 37.2 Å². The van der Waals surface area contributed by atoms with E-state index in [4.69, 9.17) is 0 Å². The zero-order valence-corrected chi connectivity index (χ0v) is 16.9. The van der Waals surface area contributed by atoms with E-state index in [0.29, 0.717) is 29.3 Å². The molecule has 148 valence electrons. The molecule has 0 spiro atoms. The first-order chi connectivity index (χ1) is 14.1. The summed E-state index contributed by atoms with van der Waals surface area (Å²) in [4.78, 5) is 40.8. The number of hydrogen-bond donors (Lipinski definition) is 1. The molecule has 1 N–H and O–H groups in total. The molecule has 3 aromatic heterocycles. The van der Waals surface area contributed by atoms with Crippen LogP contribution in [-0.4, -0.2) is 44.8 Å². The monoisotopic (exact) mass is 407 g/mol. The fourth-order valence-electron chi connectivity index (χ4n) is 3.41. The molecule has 1 aliphatic rings. The van der Waals surface area contributed by atoms with Crippen molar-refractivity contribution in [2.24, 2.45) is 5.92 Å². The molecule has 1 fully saturated rings. The van der Waals surface area contributed by atoms with Gasteiger partial charge in [0.05, 0.1) is 23.5 Å². The van der Waals surface area contributed by atoms with Gasteiger partial charge in [-0.15, -0.1) is 11.3 Å². The zero-order valence-electron chi connectivity index (χ0n) is 16.0. The summed E-state index contributed by atoms with van der Waals surface area (Å²) in [5, 5.41) is 3.67. The van der Waals surface area contributed by atoms with Crippen molar-refractivity contribution >= 4 is 28.8 Å². The Kier molecular flexibility index (Phi) is 5.62. The zero-order chi connectivity index (χ0) is 20.2. The minimum Gasteiger partial charge on any atom is -0.337 e. The maximum absolute atomic E-state index is 13.1. The fraction of sp³-hybridized carbons (Fsp3) is 0.286. The third kappa shape index (κ3) is 4.32. The van der Waals surface area contributed by atoms with Gasteiger partial charge in [0.25, 0.3) is 5.91 Å². The van der Waals surface area contributed by atoms with Crippen LogP contribution in [0.5, 0.6) is 0 Å². The third-order valence-corrected chi connectivity index (χ3v) is 6.10. The van der Waals surface area contributed by atoms with Crippen molar-refractivity contribution < 1.29 is 9.59 Å². The van der Waals surface area contributed by atoms with Crippen molar-refractivity contribution in [3.63, 3.8) is 0 Å². The molecular weight excluding hydrogens is 386 g/mol. The van der Waals surface area contributed by atoms with Gasteiger partial charge >= 0.3 is 0 Å². The summed E-state index contributed by atoms with van der Waals surface area (Å²) >= 11 is 1.38. The Morgan fingerprint density at radius 1 is 1.17 bits per heavy atom. The molecule has 0 aromatic carbocycles. The van der Waals surface area contributed by atoms with Gasteiger partial charge in [-0.05, 0) is 44.0 Å². The van der Waals surface area contributed by atoms with E-state index in [1.54, 1.807) is 41.8 Å². The summed E-state index contributed by atoms with van der Waals surface area (Å²) in [6.45, 7) is 2.90. The number of rotatable bonds is 4. The Bertz CT molecular complexity index is 1010. The Morgan fingerprint density at radius 2 is 1.97 bits per heavy atom. The van der Waals surface area contributed by atoms with Crippen molar-refractivity contribution in [2.45, 2.75) is 19.8 Å². The van der Waals surface area contributed by atoms with E-state index < -0.39 is 0 Å². The second kappa shape index (κ2) is 8.48. The van der Waals surface area contributed by atoms with Crippen molar-refractivity contribution in [1.82, 2.24) is 19.9 Å². The lowest BCUT2D eigenvalue weighted by atomic mass is 9.97. The van der Waals surface area contributed by atoms with Crippen LogP contribution in [0.4, 0.5) is 5.69 Å². The second-order valence-corrected chi connectivity index (χ2v) is 8.00. The smallest absolute Gasteiger partial charge is 0.265 e. The Balaban J connectivity index is 1.46. The van der Waals surface area contributed by atoms with Crippen LogP contribution in [0.1, 0.15) is 28.2 Å². The highest BCUT2D eigenvalue weighted by Gasteiger charge is 2.30. The first-order valence-electron chi connectivity index (χ1n) is 9.50. The molecule has 4 heterocycles. The second-order valence-electron chi connectivity index (χ2n) is 7.00. The minimum absolute atomic E-state index is 0.0611. The topological polar surface area (TPSA) is 88.1 Å². The van der Waals surface area contributed by atoms with Crippen molar-refractivity contribution in [3.05, 3.63) is 59.6 Å². The Morgan fingerprint density at radius 3 is 2.69 bits per heavy atom. The summed E-state index contributed by atoms with van der Waals surface area (Å²) in [5.74, 6) is -0.375. The highest BCUT2D eigenvalue weighted by molar-refractivity contribution is 7.17. The predicted molar refractivity (Wildman–Crippen MR) is 112 cm³/mol. The maximum Gasteiger partial charge on any atom is 0.265 e. The van der Waals surface area contributed by atoms with Crippen LogP contribution in [-0.2, 0) is 4.79 Å². The van der Waals surface area contributed by atoms with Gasteiger partial charge in [0.15, 0.2) is 0 Å². The van der Waals surface area contributed by atoms with Gasteiger partial charge in [-0.1, -0.05) is 0 Å². The van der Waals surface area contributed by atoms with Crippen molar-refractivity contribution in [3.8, 4) is 10.6 Å². The molecule has 4 rings (SSSR count).